The average Bonchev–Trinajstić information content (AvgIpc) is 3.04. The summed E-state index contributed by atoms with van der Waals surface area (Å²) in [5, 5.41) is 0. The van der Waals surface area contributed by atoms with Crippen LogP contribution in [0.3, 0.4) is 0 Å². The van der Waals surface area contributed by atoms with Crippen molar-refractivity contribution < 1.29 is 4.74 Å². The van der Waals surface area contributed by atoms with Crippen molar-refractivity contribution in [3.8, 4) is 17.0 Å². The van der Waals surface area contributed by atoms with E-state index in [4.69, 9.17) is 4.74 Å². The summed E-state index contributed by atoms with van der Waals surface area (Å²) in [6.45, 7) is 3.06. The summed E-state index contributed by atoms with van der Waals surface area (Å²) >= 11 is 0. The maximum absolute atomic E-state index is 11.8. The third-order valence-electron chi connectivity index (χ3n) is 6.29. The molecule has 0 radical (unpaired) electrons. The summed E-state index contributed by atoms with van der Waals surface area (Å²) < 4.78 is 9.36. The number of ether oxygens (including phenoxy) is 1. The molecule has 0 amide bonds. The molecule has 0 spiro atoms. The molecule has 0 N–H and O–H groups in total. The van der Waals surface area contributed by atoms with E-state index in [2.05, 4.69) is 6.92 Å². The summed E-state index contributed by atoms with van der Waals surface area (Å²) in [6.07, 6.45) is 19.2. The van der Waals surface area contributed by atoms with Crippen LogP contribution in [0.15, 0.2) is 35.1 Å². The highest BCUT2D eigenvalue weighted by molar-refractivity contribution is 5.60. The van der Waals surface area contributed by atoms with Crippen molar-refractivity contribution in [2.24, 2.45) is 14.1 Å². The summed E-state index contributed by atoms with van der Waals surface area (Å²) in [5.41, 5.74) is 1.96. The summed E-state index contributed by atoms with van der Waals surface area (Å²) in [7, 11) is 3.68. The SMILES string of the molecule is CCCCCCCCCCCCCCCCOc1ccc(-c2cc(=O)n(C)n2C)cc1. The molecular weight excluding hydrogens is 384 g/mol. The Morgan fingerprint density at radius 3 is 1.61 bits per heavy atom. The topological polar surface area (TPSA) is 36.2 Å². The third kappa shape index (κ3) is 9.37. The second kappa shape index (κ2) is 14.9. The molecule has 31 heavy (non-hydrogen) atoms. The van der Waals surface area contributed by atoms with Crippen molar-refractivity contribution in [2.75, 3.05) is 6.61 Å². The number of unbranched alkanes of at least 4 members (excludes halogenated alkanes) is 13. The lowest BCUT2D eigenvalue weighted by atomic mass is 10.0. The van der Waals surface area contributed by atoms with Gasteiger partial charge in [-0.3, -0.25) is 14.2 Å². The van der Waals surface area contributed by atoms with Gasteiger partial charge in [-0.05, 0) is 30.7 Å². The molecule has 0 bridgehead atoms. The highest BCUT2D eigenvalue weighted by atomic mass is 16.5. The molecule has 174 valence electrons. The average molecular weight is 429 g/mol. The summed E-state index contributed by atoms with van der Waals surface area (Å²) in [5.74, 6) is 0.902. The Hall–Kier alpha value is -1.97. The van der Waals surface area contributed by atoms with Gasteiger partial charge in [-0.25, -0.2) is 0 Å². The van der Waals surface area contributed by atoms with E-state index in [9.17, 15) is 4.79 Å². The van der Waals surface area contributed by atoms with Crippen LogP contribution in [-0.2, 0) is 14.1 Å². The summed E-state index contributed by atoms with van der Waals surface area (Å²) in [4.78, 5) is 11.8. The predicted molar refractivity (Wildman–Crippen MR) is 132 cm³/mol. The van der Waals surface area contributed by atoms with Gasteiger partial charge in [0.15, 0.2) is 0 Å². The fraction of sp³-hybridized carbons (Fsp3) is 0.667. The lowest BCUT2D eigenvalue weighted by molar-refractivity contribution is 0.304. The lowest BCUT2D eigenvalue weighted by Crippen LogP contribution is -2.16. The second-order valence-electron chi connectivity index (χ2n) is 8.88. The van der Waals surface area contributed by atoms with Crippen molar-refractivity contribution in [1.82, 2.24) is 9.36 Å². The van der Waals surface area contributed by atoms with Crippen molar-refractivity contribution in [3.05, 3.63) is 40.7 Å². The van der Waals surface area contributed by atoms with Crippen molar-refractivity contribution in [2.45, 2.75) is 96.8 Å². The second-order valence-corrected chi connectivity index (χ2v) is 8.88. The van der Waals surface area contributed by atoms with E-state index in [1.807, 2.05) is 36.0 Å². The molecule has 0 saturated heterocycles. The molecule has 0 saturated carbocycles. The molecule has 1 aromatic carbocycles. The molecule has 2 rings (SSSR count). The standard InChI is InChI=1S/C27H44N2O2/c1-4-5-6-7-8-9-10-11-12-13-14-15-16-17-22-31-25-20-18-24(19-21-25)26-23-27(30)29(3)28(26)2/h18-21,23H,4-17,22H2,1-3H3. The van der Waals surface area contributed by atoms with Gasteiger partial charge in [0, 0.05) is 25.7 Å². The Balaban J connectivity index is 1.46. The van der Waals surface area contributed by atoms with Crippen LogP contribution in [-0.4, -0.2) is 16.0 Å². The molecule has 4 nitrogen and oxygen atoms in total. The van der Waals surface area contributed by atoms with Crippen LogP contribution >= 0.6 is 0 Å². The zero-order valence-electron chi connectivity index (χ0n) is 20.2. The van der Waals surface area contributed by atoms with Crippen molar-refractivity contribution in [3.63, 3.8) is 0 Å². The Labute approximate surface area is 189 Å². The van der Waals surface area contributed by atoms with E-state index in [1.54, 1.807) is 17.8 Å². The summed E-state index contributed by atoms with van der Waals surface area (Å²) in [6, 6.07) is 9.71. The Bertz CT molecular complexity index is 774. The molecule has 1 aromatic heterocycles. The largest absolute Gasteiger partial charge is 0.494 e. The first kappa shape index (κ1) is 25.3. The number of hydrogen-bond acceptors (Lipinski definition) is 2. The Morgan fingerprint density at radius 1 is 0.677 bits per heavy atom. The van der Waals surface area contributed by atoms with Crippen LogP contribution in [0.25, 0.3) is 11.3 Å². The predicted octanol–water partition coefficient (Wildman–Crippen LogP) is 7.25. The molecule has 2 aromatic rings. The van der Waals surface area contributed by atoms with E-state index < -0.39 is 0 Å². The van der Waals surface area contributed by atoms with E-state index in [1.165, 1.54) is 83.5 Å². The molecule has 0 unspecified atom stereocenters. The van der Waals surface area contributed by atoms with Crippen LogP contribution in [0.5, 0.6) is 5.75 Å². The van der Waals surface area contributed by atoms with Gasteiger partial charge in [0.1, 0.15) is 5.75 Å². The lowest BCUT2D eigenvalue weighted by Gasteiger charge is -2.09. The van der Waals surface area contributed by atoms with Gasteiger partial charge >= 0.3 is 0 Å². The minimum absolute atomic E-state index is 0.00984. The van der Waals surface area contributed by atoms with Crippen LogP contribution in [0, 0.1) is 0 Å². The normalized spacial score (nSPS) is 11.2. The Morgan fingerprint density at radius 2 is 1.16 bits per heavy atom. The van der Waals surface area contributed by atoms with Crippen molar-refractivity contribution in [1.29, 1.82) is 0 Å². The highest BCUT2D eigenvalue weighted by Crippen LogP contribution is 2.21. The molecule has 0 aliphatic rings. The zero-order chi connectivity index (χ0) is 22.3. The van der Waals surface area contributed by atoms with Crippen LogP contribution < -0.4 is 10.3 Å². The van der Waals surface area contributed by atoms with Gasteiger partial charge in [0.05, 0.1) is 12.3 Å². The maximum atomic E-state index is 11.8. The van der Waals surface area contributed by atoms with E-state index in [-0.39, 0.29) is 5.56 Å². The van der Waals surface area contributed by atoms with Crippen molar-refractivity contribution >= 4 is 0 Å². The number of hydrogen-bond donors (Lipinski definition) is 0. The molecule has 0 aliphatic heterocycles. The third-order valence-corrected chi connectivity index (χ3v) is 6.29. The number of benzene rings is 1. The minimum atomic E-state index is 0.00984. The molecule has 1 heterocycles. The monoisotopic (exact) mass is 428 g/mol. The fourth-order valence-corrected chi connectivity index (χ4v) is 4.09. The van der Waals surface area contributed by atoms with Crippen LogP contribution in [0.1, 0.15) is 96.8 Å². The van der Waals surface area contributed by atoms with Gasteiger partial charge in [-0.2, -0.15) is 0 Å². The first-order chi connectivity index (χ1) is 15.1. The molecule has 0 atom stereocenters. The van der Waals surface area contributed by atoms with Gasteiger partial charge in [0.2, 0.25) is 0 Å². The minimum Gasteiger partial charge on any atom is -0.494 e. The molecule has 4 heteroatoms. The highest BCUT2D eigenvalue weighted by Gasteiger charge is 2.07. The Kier molecular flexibility index (Phi) is 12.2. The van der Waals surface area contributed by atoms with E-state index in [0.29, 0.717) is 0 Å². The fourth-order valence-electron chi connectivity index (χ4n) is 4.09. The number of aromatic nitrogens is 2. The van der Waals surface area contributed by atoms with Gasteiger partial charge in [0.25, 0.3) is 5.56 Å². The van der Waals surface area contributed by atoms with Crippen LogP contribution in [0.4, 0.5) is 0 Å². The number of rotatable bonds is 17. The molecule has 0 fully saturated rings. The van der Waals surface area contributed by atoms with E-state index in [0.717, 1.165) is 30.0 Å². The first-order valence-electron chi connectivity index (χ1n) is 12.6. The first-order valence-corrected chi connectivity index (χ1v) is 12.6. The van der Waals surface area contributed by atoms with Crippen LogP contribution in [0.2, 0.25) is 0 Å². The smallest absolute Gasteiger partial charge is 0.266 e. The number of nitrogens with zero attached hydrogens (tertiary/aromatic N) is 2. The zero-order valence-corrected chi connectivity index (χ0v) is 20.2. The van der Waals surface area contributed by atoms with Gasteiger partial charge < -0.3 is 4.74 Å². The quantitative estimate of drug-likeness (QED) is 0.249. The maximum Gasteiger partial charge on any atom is 0.266 e. The molecular formula is C27H44N2O2. The van der Waals surface area contributed by atoms with Gasteiger partial charge in [-0.15, -0.1) is 0 Å². The molecule has 0 aliphatic carbocycles. The van der Waals surface area contributed by atoms with Gasteiger partial charge in [-0.1, -0.05) is 90.4 Å². The van der Waals surface area contributed by atoms with E-state index >= 15 is 0 Å².